The molecule has 0 aliphatic rings. The zero-order valence-corrected chi connectivity index (χ0v) is 7.95. The first-order valence-corrected chi connectivity index (χ1v) is 4.42. The first-order valence-electron chi connectivity index (χ1n) is 3.63. The second kappa shape index (κ2) is 2.88. The van der Waals surface area contributed by atoms with E-state index in [2.05, 4.69) is 20.9 Å². The first-order chi connectivity index (χ1) is 5.81. The molecule has 2 heterocycles. The number of halogens is 1. The number of fused-ring (bicyclic) bond motifs is 1. The molecule has 0 atom stereocenters. The summed E-state index contributed by atoms with van der Waals surface area (Å²) in [4.78, 5) is 4.20. The minimum atomic E-state index is 0.517. The maximum absolute atomic E-state index is 5.53. The van der Waals surface area contributed by atoms with Gasteiger partial charge in [0.2, 0.25) is 0 Å². The molecule has 0 aromatic carbocycles. The summed E-state index contributed by atoms with van der Waals surface area (Å²) >= 11 is 3.38. The molecular formula is C8H8BrN3. The molecule has 0 spiro atoms. The van der Waals surface area contributed by atoms with Crippen molar-refractivity contribution >= 4 is 21.6 Å². The Kier molecular flexibility index (Phi) is 1.86. The van der Waals surface area contributed by atoms with E-state index in [4.69, 9.17) is 5.73 Å². The van der Waals surface area contributed by atoms with Gasteiger partial charge in [-0.15, -0.1) is 0 Å². The van der Waals surface area contributed by atoms with Crippen LogP contribution in [-0.2, 0) is 6.54 Å². The molecule has 0 bridgehead atoms. The summed E-state index contributed by atoms with van der Waals surface area (Å²) in [6, 6.07) is 3.92. The summed E-state index contributed by atoms with van der Waals surface area (Å²) < 4.78 is 3.01. The van der Waals surface area contributed by atoms with Gasteiger partial charge in [0, 0.05) is 17.2 Å². The molecule has 0 amide bonds. The molecule has 0 aliphatic heterocycles. The number of aromatic nitrogens is 2. The van der Waals surface area contributed by atoms with E-state index in [1.54, 1.807) is 6.20 Å². The van der Waals surface area contributed by atoms with Crippen LogP contribution < -0.4 is 5.73 Å². The molecule has 0 radical (unpaired) electrons. The molecular weight excluding hydrogens is 218 g/mol. The topological polar surface area (TPSA) is 43.3 Å². The minimum absolute atomic E-state index is 0.517. The highest BCUT2D eigenvalue weighted by molar-refractivity contribution is 9.10. The van der Waals surface area contributed by atoms with Gasteiger partial charge in [0.1, 0.15) is 5.65 Å². The standard InChI is InChI=1S/C8H8BrN3/c9-6-1-2-12-7(4-10)5-11-8(12)3-6/h1-3,5H,4,10H2. The van der Waals surface area contributed by atoms with Crippen LogP contribution in [0.2, 0.25) is 0 Å². The summed E-state index contributed by atoms with van der Waals surface area (Å²) in [6.45, 7) is 0.517. The van der Waals surface area contributed by atoms with Crippen molar-refractivity contribution in [3.05, 3.63) is 34.7 Å². The van der Waals surface area contributed by atoms with Crippen LogP contribution in [0.5, 0.6) is 0 Å². The van der Waals surface area contributed by atoms with Crippen LogP contribution in [-0.4, -0.2) is 9.38 Å². The van der Waals surface area contributed by atoms with Gasteiger partial charge in [0.25, 0.3) is 0 Å². The smallest absolute Gasteiger partial charge is 0.138 e. The lowest BCUT2D eigenvalue weighted by Crippen LogP contribution is -1.99. The lowest BCUT2D eigenvalue weighted by molar-refractivity contribution is 0.959. The molecule has 12 heavy (non-hydrogen) atoms. The van der Waals surface area contributed by atoms with Gasteiger partial charge in [-0.25, -0.2) is 4.98 Å². The molecule has 2 aromatic rings. The number of pyridine rings is 1. The second-order valence-electron chi connectivity index (χ2n) is 2.53. The van der Waals surface area contributed by atoms with Gasteiger partial charge in [-0.1, -0.05) is 15.9 Å². The molecule has 2 N–H and O–H groups in total. The van der Waals surface area contributed by atoms with Crippen molar-refractivity contribution in [1.82, 2.24) is 9.38 Å². The summed E-state index contributed by atoms with van der Waals surface area (Å²) in [6.07, 6.45) is 3.75. The van der Waals surface area contributed by atoms with Crippen molar-refractivity contribution in [2.75, 3.05) is 0 Å². The third kappa shape index (κ3) is 1.13. The van der Waals surface area contributed by atoms with E-state index in [-0.39, 0.29) is 0 Å². The zero-order valence-electron chi connectivity index (χ0n) is 6.37. The van der Waals surface area contributed by atoms with Crippen LogP contribution in [0.3, 0.4) is 0 Å². The van der Waals surface area contributed by atoms with Crippen LogP contribution in [0.1, 0.15) is 5.69 Å². The van der Waals surface area contributed by atoms with Gasteiger partial charge >= 0.3 is 0 Å². The van der Waals surface area contributed by atoms with E-state index >= 15 is 0 Å². The van der Waals surface area contributed by atoms with Gasteiger partial charge in [-0.2, -0.15) is 0 Å². The zero-order chi connectivity index (χ0) is 8.55. The Balaban J connectivity index is 2.73. The van der Waals surface area contributed by atoms with Gasteiger partial charge in [0.15, 0.2) is 0 Å². The van der Waals surface area contributed by atoms with E-state index < -0.39 is 0 Å². The van der Waals surface area contributed by atoms with Crippen LogP contribution in [0, 0.1) is 0 Å². The molecule has 62 valence electrons. The summed E-state index contributed by atoms with van der Waals surface area (Å²) in [5.41, 5.74) is 7.47. The van der Waals surface area contributed by atoms with Crippen LogP contribution in [0.25, 0.3) is 5.65 Å². The predicted octanol–water partition coefficient (Wildman–Crippen LogP) is 1.56. The van der Waals surface area contributed by atoms with Crippen molar-refractivity contribution in [2.45, 2.75) is 6.54 Å². The van der Waals surface area contributed by atoms with E-state index in [9.17, 15) is 0 Å². The SMILES string of the molecule is NCc1cnc2cc(Br)ccn12. The van der Waals surface area contributed by atoms with Crippen molar-refractivity contribution < 1.29 is 0 Å². The first kappa shape index (κ1) is 7.76. The fourth-order valence-corrected chi connectivity index (χ4v) is 1.48. The van der Waals surface area contributed by atoms with Crippen molar-refractivity contribution in [2.24, 2.45) is 5.73 Å². The number of hydrogen-bond donors (Lipinski definition) is 1. The number of nitrogens with two attached hydrogens (primary N) is 1. The van der Waals surface area contributed by atoms with Crippen LogP contribution in [0.4, 0.5) is 0 Å². The molecule has 3 nitrogen and oxygen atoms in total. The van der Waals surface area contributed by atoms with E-state index in [0.717, 1.165) is 15.8 Å². The summed E-state index contributed by atoms with van der Waals surface area (Å²) in [5.74, 6) is 0. The van der Waals surface area contributed by atoms with E-state index in [0.29, 0.717) is 6.54 Å². The Hall–Kier alpha value is -0.870. The Bertz CT molecular complexity index is 408. The van der Waals surface area contributed by atoms with E-state index in [1.165, 1.54) is 0 Å². The van der Waals surface area contributed by atoms with E-state index in [1.807, 2.05) is 22.7 Å². The molecule has 0 saturated heterocycles. The fraction of sp³-hybridized carbons (Fsp3) is 0.125. The highest BCUT2D eigenvalue weighted by atomic mass is 79.9. The Morgan fingerprint density at radius 2 is 2.42 bits per heavy atom. The average molecular weight is 226 g/mol. The summed E-state index contributed by atoms with van der Waals surface area (Å²) in [5, 5.41) is 0. The average Bonchev–Trinajstić information content (AvgIpc) is 2.46. The quantitative estimate of drug-likeness (QED) is 0.801. The van der Waals surface area contributed by atoms with Crippen molar-refractivity contribution in [1.29, 1.82) is 0 Å². The third-order valence-electron chi connectivity index (χ3n) is 1.76. The highest BCUT2D eigenvalue weighted by Crippen LogP contribution is 2.13. The fourth-order valence-electron chi connectivity index (χ4n) is 1.16. The lowest BCUT2D eigenvalue weighted by Gasteiger charge is -1.97. The Morgan fingerprint density at radius 3 is 3.17 bits per heavy atom. The molecule has 0 saturated carbocycles. The number of imidazole rings is 1. The Morgan fingerprint density at radius 1 is 1.58 bits per heavy atom. The number of rotatable bonds is 1. The maximum Gasteiger partial charge on any atom is 0.138 e. The maximum atomic E-state index is 5.53. The lowest BCUT2D eigenvalue weighted by atomic mass is 10.4. The largest absolute Gasteiger partial charge is 0.325 e. The van der Waals surface area contributed by atoms with Gasteiger partial charge < -0.3 is 10.1 Å². The second-order valence-corrected chi connectivity index (χ2v) is 3.44. The van der Waals surface area contributed by atoms with Gasteiger partial charge in [0.05, 0.1) is 11.9 Å². The molecule has 0 fully saturated rings. The highest BCUT2D eigenvalue weighted by Gasteiger charge is 2.00. The van der Waals surface area contributed by atoms with Gasteiger partial charge in [-0.3, -0.25) is 0 Å². The molecule has 2 aromatic heterocycles. The predicted molar refractivity (Wildman–Crippen MR) is 50.8 cm³/mol. The van der Waals surface area contributed by atoms with Crippen LogP contribution in [0.15, 0.2) is 29.0 Å². The number of hydrogen-bond acceptors (Lipinski definition) is 2. The third-order valence-corrected chi connectivity index (χ3v) is 2.25. The van der Waals surface area contributed by atoms with Crippen molar-refractivity contribution in [3.63, 3.8) is 0 Å². The summed E-state index contributed by atoms with van der Waals surface area (Å²) in [7, 11) is 0. The molecule has 4 heteroatoms. The normalized spacial score (nSPS) is 10.8. The molecule has 2 rings (SSSR count). The van der Waals surface area contributed by atoms with Crippen molar-refractivity contribution in [3.8, 4) is 0 Å². The molecule has 0 unspecified atom stereocenters. The minimum Gasteiger partial charge on any atom is -0.325 e. The number of nitrogens with zero attached hydrogens (tertiary/aromatic N) is 2. The monoisotopic (exact) mass is 225 g/mol. The molecule has 0 aliphatic carbocycles. The van der Waals surface area contributed by atoms with Crippen LogP contribution >= 0.6 is 15.9 Å². The van der Waals surface area contributed by atoms with Gasteiger partial charge in [-0.05, 0) is 12.1 Å². The Labute approximate surface area is 78.3 Å².